The minimum Gasteiger partial charge on any atom is -0.287 e. The Morgan fingerprint density at radius 1 is 0.958 bits per heavy atom. The highest BCUT2D eigenvalue weighted by molar-refractivity contribution is 6.30. The first-order chi connectivity index (χ1) is 11.6. The number of benzene rings is 2. The Hall–Kier alpha value is -2.17. The molecule has 5 heteroatoms. The molecule has 24 heavy (non-hydrogen) atoms. The van der Waals surface area contributed by atoms with Gasteiger partial charge in [-0.1, -0.05) is 35.9 Å². The highest BCUT2D eigenvalue weighted by Crippen LogP contribution is 2.29. The molecule has 0 unspecified atom stereocenters. The zero-order valence-electron chi connectivity index (χ0n) is 13.1. The lowest BCUT2D eigenvalue weighted by Gasteiger charge is -2.32. The van der Waals surface area contributed by atoms with E-state index >= 15 is 0 Å². The van der Waals surface area contributed by atoms with Gasteiger partial charge in [-0.05, 0) is 41.8 Å². The Labute approximate surface area is 145 Å². The molecule has 0 radical (unpaired) electrons. The van der Waals surface area contributed by atoms with E-state index in [-0.39, 0.29) is 24.3 Å². The summed E-state index contributed by atoms with van der Waals surface area (Å²) >= 11 is 5.89. The van der Waals surface area contributed by atoms with Crippen molar-refractivity contribution in [1.29, 1.82) is 0 Å². The van der Waals surface area contributed by atoms with Gasteiger partial charge in [0.05, 0.1) is 18.2 Å². The molecule has 4 rings (SSSR count). The molecule has 2 aromatic carbocycles. The second kappa shape index (κ2) is 6.04. The average Bonchev–Trinajstić information content (AvgIpc) is 2.90. The summed E-state index contributed by atoms with van der Waals surface area (Å²) in [6, 6.07) is 14.7. The number of imide groups is 1. The van der Waals surface area contributed by atoms with E-state index in [1.165, 1.54) is 16.0 Å². The summed E-state index contributed by atoms with van der Waals surface area (Å²) in [7, 11) is 0. The van der Waals surface area contributed by atoms with Gasteiger partial charge in [0, 0.05) is 18.1 Å². The highest BCUT2D eigenvalue weighted by Gasteiger charge is 2.43. The van der Waals surface area contributed by atoms with Gasteiger partial charge in [0.15, 0.2) is 0 Å². The molecule has 0 aromatic heterocycles. The minimum absolute atomic E-state index is 0.137. The lowest BCUT2D eigenvalue weighted by Crippen LogP contribution is -2.44. The average molecular weight is 341 g/mol. The third-order valence-corrected chi connectivity index (χ3v) is 5.06. The molecule has 0 saturated carbocycles. The van der Waals surface area contributed by atoms with E-state index in [0.717, 1.165) is 13.0 Å². The molecule has 4 nitrogen and oxygen atoms in total. The van der Waals surface area contributed by atoms with Crippen LogP contribution in [0.25, 0.3) is 0 Å². The summed E-state index contributed by atoms with van der Waals surface area (Å²) in [6.45, 7) is 1.52. The van der Waals surface area contributed by atoms with E-state index in [2.05, 4.69) is 17.0 Å². The highest BCUT2D eigenvalue weighted by atomic mass is 35.5. The number of rotatable bonds is 2. The Kier molecular flexibility index (Phi) is 3.87. The molecule has 0 N–H and O–H groups in total. The van der Waals surface area contributed by atoms with Crippen molar-refractivity contribution >= 4 is 29.1 Å². The monoisotopic (exact) mass is 340 g/mol. The van der Waals surface area contributed by atoms with Gasteiger partial charge in [0.2, 0.25) is 5.91 Å². The normalized spacial score (nSPS) is 21.2. The zero-order chi connectivity index (χ0) is 16.7. The van der Waals surface area contributed by atoms with Crippen molar-refractivity contribution in [1.82, 2.24) is 4.90 Å². The van der Waals surface area contributed by atoms with Gasteiger partial charge in [0.25, 0.3) is 5.91 Å². The van der Waals surface area contributed by atoms with Crippen molar-refractivity contribution in [3.63, 3.8) is 0 Å². The van der Waals surface area contributed by atoms with Crippen LogP contribution in [0.3, 0.4) is 0 Å². The standard InChI is InChI=1S/C19H17ClN2O2/c20-15-5-7-16(8-6-15)22-18(23)11-17(19(22)24)21-10-9-13-3-1-2-4-14(13)12-21/h1-8,17H,9-12H2/t17-/m0/s1. The molecule has 0 bridgehead atoms. The van der Waals surface area contributed by atoms with Gasteiger partial charge >= 0.3 is 0 Å². The number of carbonyl (C=O) groups is 2. The van der Waals surface area contributed by atoms with Crippen LogP contribution in [-0.2, 0) is 22.6 Å². The molecule has 2 aromatic rings. The Bertz CT molecular complexity index is 803. The lowest BCUT2D eigenvalue weighted by molar-refractivity contribution is -0.123. The quantitative estimate of drug-likeness (QED) is 0.789. The SMILES string of the molecule is O=C1C[C@H](N2CCc3ccccc3C2)C(=O)N1c1ccc(Cl)cc1. The van der Waals surface area contributed by atoms with E-state index in [1.54, 1.807) is 24.3 Å². The fraction of sp³-hybridized carbons (Fsp3) is 0.263. The van der Waals surface area contributed by atoms with Gasteiger partial charge in [-0.15, -0.1) is 0 Å². The molecule has 122 valence electrons. The Morgan fingerprint density at radius 3 is 2.42 bits per heavy atom. The molecule has 1 fully saturated rings. The zero-order valence-corrected chi connectivity index (χ0v) is 13.9. The molecule has 1 saturated heterocycles. The number of hydrogen-bond donors (Lipinski definition) is 0. The van der Waals surface area contributed by atoms with Crippen LogP contribution in [0.15, 0.2) is 48.5 Å². The van der Waals surface area contributed by atoms with E-state index in [0.29, 0.717) is 17.3 Å². The maximum Gasteiger partial charge on any atom is 0.251 e. The predicted octanol–water partition coefficient (Wildman–Crippen LogP) is 3.03. The molecule has 2 heterocycles. The number of amides is 2. The lowest BCUT2D eigenvalue weighted by atomic mass is 9.98. The molecule has 2 amide bonds. The smallest absolute Gasteiger partial charge is 0.251 e. The molecule has 2 aliphatic heterocycles. The van der Waals surface area contributed by atoms with E-state index in [4.69, 9.17) is 11.6 Å². The van der Waals surface area contributed by atoms with Crippen LogP contribution in [0.5, 0.6) is 0 Å². The number of halogens is 1. The summed E-state index contributed by atoms with van der Waals surface area (Å²) in [4.78, 5) is 28.7. The topological polar surface area (TPSA) is 40.6 Å². The Morgan fingerprint density at radius 2 is 1.67 bits per heavy atom. The van der Waals surface area contributed by atoms with Crippen molar-refractivity contribution in [3.8, 4) is 0 Å². The van der Waals surface area contributed by atoms with E-state index in [1.807, 2.05) is 12.1 Å². The third-order valence-electron chi connectivity index (χ3n) is 4.81. The van der Waals surface area contributed by atoms with Crippen LogP contribution < -0.4 is 4.90 Å². The summed E-state index contributed by atoms with van der Waals surface area (Å²) < 4.78 is 0. The van der Waals surface area contributed by atoms with Crippen molar-refractivity contribution in [2.45, 2.75) is 25.4 Å². The summed E-state index contributed by atoms with van der Waals surface area (Å²) in [5.41, 5.74) is 3.17. The van der Waals surface area contributed by atoms with Crippen molar-refractivity contribution < 1.29 is 9.59 Å². The fourth-order valence-corrected chi connectivity index (χ4v) is 3.67. The third kappa shape index (κ3) is 2.62. The number of fused-ring (bicyclic) bond motifs is 1. The first kappa shape index (κ1) is 15.4. The predicted molar refractivity (Wildman–Crippen MR) is 92.9 cm³/mol. The van der Waals surface area contributed by atoms with Gasteiger partial charge < -0.3 is 0 Å². The molecular weight excluding hydrogens is 324 g/mol. The van der Waals surface area contributed by atoms with Crippen LogP contribution in [0, 0.1) is 0 Å². The summed E-state index contributed by atoms with van der Waals surface area (Å²) in [6.07, 6.45) is 1.15. The van der Waals surface area contributed by atoms with Crippen molar-refractivity contribution in [2.75, 3.05) is 11.4 Å². The number of nitrogens with zero attached hydrogens (tertiary/aromatic N) is 2. The largest absolute Gasteiger partial charge is 0.287 e. The van der Waals surface area contributed by atoms with Crippen LogP contribution in [-0.4, -0.2) is 29.3 Å². The molecule has 0 spiro atoms. The van der Waals surface area contributed by atoms with E-state index in [9.17, 15) is 9.59 Å². The fourth-order valence-electron chi connectivity index (χ4n) is 3.55. The maximum atomic E-state index is 12.8. The van der Waals surface area contributed by atoms with Crippen molar-refractivity contribution in [2.24, 2.45) is 0 Å². The number of anilines is 1. The molecule has 1 atom stereocenters. The number of carbonyl (C=O) groups excluding carboxylic acids is 2. The second-order valence-corrected chi connectivity index (χ2v) is 6.69. The van der Waals surface area contributed by atoms with E-state index < -0.39 is 0 Å². The summed E-state index contributed by atoms with van der Waals surface area (Å²) in [5, 5.41) is 0.585. The van der Waals surface area contributed by atoms with Crippen molar-refractivity contribution in [3.05, 3.63) is 64.7 Å². The van der Waals surface area contributed by atoms with Crippen LogP contribution in [0.2, 0.25) is 5.02 Å². The van der Waals surface area contributed by atoms with Crippen LogP contribution in [0.1, 0.15) is 17.5 Å². The minimum atomic E-state index is -0.374. The first-order valence-corrected chi connectivity index (χ1v) is 8.44. The molecule has 2 aliphatic rings. The Balaban J connectivity index is 1.57. The molecular formula is C19H17ClN2O2. The molecule has 0 aliphatic carbocycles. The van der Waals surface area contributed by atoms with Gasteiger partial charge in [-0.25, -0.2) is 4.90 Å². The maximum absolute atomic E-state index is 12.8. The first-order valence-electron chi connectivity index (χ1n) is 8.07. The van der Waals surface area contributed by atoms with Gasteiger partial charge in [-0.3, -0.25) is 14.5 Å². The second-order valence-electron chi connectivity index (χ2n) is 6.25. The van der Waals surface area contributed by atoms with Gasteiger partial charge in [-0.2, -0.15) is 0 Å². The van der Waals surface area contributed by atoms with Crippen LogP contribution in [0.4, 0.5) is 5.69 Å². The van der Waals surface area contributed by atoms with Crippen LogP contribution >= 0.6 is 11.6 Å². The summed E-state index contributed by atoms with van der Waals surface area (Å²) in [5.74, 6) is -0.284. The van der Waals surface area contributed by atoms with Gasteiger partial charge in [0.1, 0.15) is 0 Å². The number of hydrogen-bond acceptors (Lipinski definition) is 3.